The van der Waals surface area contributed by atoms with Crippen molar-refractivity contribution in [3.05, 3.63) is 0 Å². The molecule has 0 heterocycles. The number of nitrogens with zero attached hydrogens (tertiary/aromatic N) is 2. The Bertz CT molecular complexity index is 337. The number of urea groups is 1. The maximum absolute atomic E-state index is 12.0. The zero-order valence-electron chi connectivity index (χ0n) is 11.8. The summed E-state index contributed by atoms with van der Waals surface area (Å²) in [6.07, 6.45) is 0.748. The highest BCUT2D eigenvalue weighted by Gasteiger charge is 2.19. The van der Waals surface area contributed by atoms with E-state index >= 15 is 0 Å². The number of amides is 2. The van der Waals surface area contributed by atoms with Crippen LogP contribution in [0.3, 0.4) is 0 Å². The average Bonchev–Trinajstić information content (AvgIpc) is 2.32. The predicted molar refractivity (Wildman–Crippen MR) is 71.5 cm³/mol. The molecule has 0 aromatic rings. The minimum Gasteiger partial charge on any atom is -0.481 e. The molecule has 0 radical (unpaired) electrons. The quantitative estimate of drug-likeness (QED) is 0.702. The summed E-state index contributed by atoms with van der Waals surface area (Å²) < 4.78 is 0. The topological polar surface area (TPSA) is 93.4 Å². The van der Waals surface area contributed by atoms with Crippen molar-refractivity contribution in [2.45, 2.75) is 46.1 Å². The van der Waals surface area contributed by atoms with E-state index in [1.54, 1.807) is 4.90 Å². The van der Waals surface area contributed by atoms with Gasteiger partial charge in [-0.15, -0.1) is 0 Å². The van der Waals surface area contributed by atoms with Gasteiger partial charge in [-0.3, -0.25) is 4.79 Å². The number of carboxylic acids is 1. The molecule has 0 aromatic heterocycles. The van der Waals surface area contributed by atoms with Gasteiger partial charge in [0.15, 0.2) is 0 Å². The van der Waals surface area contributed by atoms with Crippen LogP contribution in [-0.4, -0.2) is 41.1 Å². The second-order valence-corrected chi connectivity index (χ2v) is 4.90. The first kappa shape index (κ1) is 17.2. The van der Waals surface area contributed by atoms with E-state index in [0.717, 1.165) is 0 Å². The number of rotatable bonds is 8. The van der Waals surface area contributed by atoms with Crippen LogP contribution >= 0.6 is 0 Å². The van der Waals surface area contributed by atoms with E-state index in [0.29, 0.717) is 25.4 Å². The third kappa shape index (κ3) is 8.03. The van der Waals surface area contributed by atoms with Gasteiger partial charge in [0.05, 0.1) is 18.9 Å². The molecule has 0 saturated carbocycles. The molecule has 1 atom stereocenters. The largest absolute Gasteiger partial charge is 0.481 e. The lowest BCUT2D eigenvalue weighted by molar-refractivity contribution is -0.137. The highest BCUT2D eigenvalue weighted by molar-refractivity contribution is 5.76. The third-order valence-corrected chi connectivity index (χ3v) is 2.61. The van der Waals surface area contributed by atoms with Crippen molar-refractivity contribution >= 4 is 12.0 Å². The number of nitriles is 1. The molecule has 0 aromatic carbocycles. The molecule has 0 aliphatic carbocycles. The fraction of sp³-hybridized carbons (Fsp3) is 0.769. The lowest BCUT2D eigenvalue weighted by Crippen LogP contribution is -2.46. The molecular formula is C13H23N3O3. The summed E-state index contributed by atoms with van der Waals surface area (Å²) in [5.41, 5.74) is 0. The molecule has 19 heavy (non-hydrogen) atoms. The maximum atomic E-state index is 12.0. The number of nitrogens with one attached hydrogen (secondary N) is 1. The molecule has 0 bridgehead atoms. The van der Waals surface area contributed by atoms with E-state index in [2.05, 4.69) is 5.32 Å². The van der Waals surface area contributed by atoms with Gasteiger partial charge in [0.25, 0.3) is 0 Å². The maximum Gasteiger partial charge on any atom is 0.317 e. The van der Waals surface area contributed by atoms with Crippen LogP contribution in [0.4, 0.5) is 4.79 Å². The highest BCUT2D eigenvalue weighted by atomic mass is 16.4. The second kappa shape index (κ2) is 9.20. The first-order valence-corrected chi connectivity index (χ1v) is 6.54. The molecule has 0 spiro atoms. The van der Waals surface area contributed by atoms with Crippen molar-refractivity contribution in [1.82, 2.24) is 10.2 Å². The van der Waals surface area contributed by atoms with Gasteiger partial charge >= 0.3 is 12.0 Å². The summed E-state index contributed by atoms with van der Waals surface area (Å²) in [6.45, 7) is 6.72. The summed E-state index contributed by atoms with van der Waals surface area (Å²) in [4.78, 5) is 24.3. The van der Waals surface area contributed by atoms with E-state index in [-0.39, 0.29) is 24.9 Å². The zero-order valence-corrected chi connectivity index (χ0v) is 11.8. The standard InChI is InChI=1S/C13H23N3O3/c1-4-11(8-12(17)18)15-13(19)16(7-5-6-14)9-10(2)3/h10-11H,4-5,7-9H2,1-3H3,(H,15,19)(H,17,18). The fourth-order valence-electron chi connectivity index (χ4n) is 1.68. The molecule has 1 unspecified atom stereocenters. The first-order chi connectivity index (χ1) is 8.90. The van der Waals surface area contributed by atoms with E-state index < -0.39 is 5.97 Å². The van der Waals surface area contributed by atoms with Crippen LogP contribution in [0.25, 0.3) is 0 Å². The number of carboxylic acid groups (broad SMARTS) is 1. The van der Waals surface area contributed by atoms with Gasteiger partial charge in [0.2, 0.25) is 0 Å². The van der Waals surface area contributed by atoms with Gasteiger partial charge in [-0.1, -0.05) is 20.8 Å². The Morgan fingerprint density at radius 3 is 2.47 bits per heavy atom. The van der Waals surface area contributed by atoms with Crippen molar-refractivity contribution < 1.29 is 14.7 Å². The number of carbonyl (C=O) groups is 2. The normalized spacial score (nSPS) is 11.7. The van der Waals surface area contributed by atoms with Crippen molar-refractivity contribution in [3.8, 4) is 6.07 Å². The molecule has 6 nitrogen and oxygen atoms in total. The van der Waals surface area contributed by atoms with Crippen molar-refractivity contribution in [2.24, 2.45) is 5.92 Å². The minimum atomic E-state index is -0.931. The third-order valence-electron chi connectivity index (χ3n) is 2.61. The fourth-order valence-corrected chi connectivity index (χ4v) is 1.68. The first-order valence-electron chi connectivity index (χ1n) is 6.54. The van der Waals surface area contributed by atoms with Crippen LogP contribution in [-0.2, 0) is 4.79 Å². The van der Waals surface area contributed by atoms with Gasteiger partial charge in [-0.25, -0.2) is 4.79 Å². The summed E-state index contributed by atoms with van der Waals surface area (Å²) in [5, 5.41) is 20.0. The number of carbonyl (C=O) groups excluding carboxylic acids is 1. The Kier molecular flexibility index (Phi) is 8.34. The van der Waals surface area contributed by atoms with Gasteiger partial charge in [0, 0.05) is 19.1 Å². The molecular weight excluding hydrogens is 246 g/mol. The van der Waals surface area contributed by atoms with E-state index in [9.17, 15) is 9.59 Å². The highest BCUT2D eigenvalue weighted by Crippen LogP contribution is 2.04. The van der Waals surface area contributed by atoms with Gasteiger partial charge in [0.1, 0.15) is 0 Å². The van der Waals surface area contributed by atoms with Crippen LogP contribution in [0.5, 0.6) is 0 Å². The Hall–Kier alpha value is -1.77. The molecule has 108 valence electrons. The molecule has 0 fully saturated rings. The summed E-state index contributed by atoms with van der Waals surface area (Å²) in [5.74, 6) is -0.636. The molecule has 6 heteroatoms. The lowest BCUT2D eigenvalue weighted by atomic mass is 10.1. The molecule has 0 aliphatic rings. The molecule has 0 saturated heterocycles. The van der Waals surface area contributed by atoms with E-state index in [4.69, 9.17) is 10.4 Å². The minimum absolute atomic E-state index is 0.0873. The van der Waals surface area contributed by atoms with Crippen molar-refractivity contribution in [2.75, 3.05) is 13.1 Å². The van der Waals surface area contributed by atoms with Crippen LogP contribution < -0.4 is 5.32 Å². The van der Waals surface area contributed by atoms with Crippen LogP contribution in [0, 0.1) is 17.2 Å². The SMILES string of the molecule is CCC(CC(=O)O)NC(=O)N(CCC#N)CC(C)C. The summed E-state index contributed by atoms with van der Waals surface area (Å²) in [6, 6.07) is 1.34. The van der Waals surface area contributed by atoms with Gasteiger partial charge in [-0.05, 0) is 12.3 Å². The van der Waals surface area contributed by atoms with Gasteiger partial charge < -0.3 is 15.3 Å². The Balaban J connectivity index is 4.51. The Morgan fingerprint density at radius 2 is 2.05 bits per heavy atom. The number of hydrogen-bond donors (Lipinski definition) is 2. The molecule has 2 amide bonds. The van der Waals surface area contributed by atoms with Crippen LogP contribution in [0.1, 0.15) is 40.0 Å². The number of hydrogen-bond acceptors (Lipinski definition) is 3. The summed E-state index contributed by atoms with van der Waals surface area (Å²) in [7, 11) is 0. The smallest absolute Gasteiger partial charge is 0.317 e. The van der Waals surface area contributed by atoms with E-state index in [1.807, 2.05) is 26.8 Å². The lowest BCUT2D eigenvalue weighted by Gasteiger charge is -2.26. The zero-order chi connectivity index (χ0) is 14.8. The molecule has 2 N–H and O–H groups in total. The monoisotopic (exact) mass is 269 g/mol. The molecule has 0 rings (SSSR count). The van der Waals surface area contributed by atoms with Gasteiger partial charge in [-0.2, -0.15) is 5.26 Å². The van der Waals surface area contributed by atoms with Crippen LogP contribution in [0.2, 0.25) is 0 Å². The van der Waals surface area contributed by atoms with Crippen molar-refractivity contribution in [3.63, 3.8) is 0 Å². The molecule has 0 aliphatic heterocycles. The van der Waals surface area contributed by atoms with E-state index in [1.165, 1.54) is 0 Å². The second-order valence-electron chi connectivity index (χ2n) is 4.90. The number of aliphatic carboxylic acids is 1. The van der Waals surface area contributed by atoms with Crippen molar-refractivity contribution in [1.29, 1.82) is 5.26 Å². The summed E-state index contributed by atoms with van der Waals surface area (Å²) >= 11 is 0. The Labute approximate surface area is 114 Å². The average molecular weight is 269 g/mol. The Morgan fingerprint density at radius 1 is 1.42 bits per heavy atom. The van der Waals surface area contributed by atoms with Crippen LogP contribution in [0.15, 0.2) is 0 Å². The predicted octanol–water partition coefficient (Wildman–Crippen LogP) is 1.82.